The van der Waals surface area contributed by atoms with Crippen LogP contribution in [-0.4, -0.2) is 21.7 Å². The quantitative estimate of drug-likeness (QED) is 0.905. The Kier molecular flexibility index (Phi) is 5.57. The predicted octanol–water partition coefficient (Wildman–Crippen LogP) is 2.04. The van der Waals surface area contributed by atoms with Crippen molar-refractivity contribution < 1.29 is 4.79 Å². The zero-order valence-electron chi connectivity index (χ0n) is 12.3. The number of hydrogen-bond donors (Lipinski definition) is 2. The fraction of sp³-hybridized carbons (Fsp3) is 0.375. The van der Waals surface area contributed by atoms with Gasteiger partial charge in [0.2, 0.25) is 5.91 Å². The molecule has 6 heteroatoms. The summed E-state index contributed by atoms with van der Waals surface area (Å²) in [7, 11) is 0. The maximum absolute atomic E-state index is 12.0. The van der Waals surface area contributed by atoms with E-state index in [2.05, 4.69) is 10.4 Å². The molecule has 2 atom stereocenters. The molecule has 3 N–H and O–H groups in total. The van der Waals surface area contributed by atoms with Crippen LogP contribution in [0, 0.1) is 5.92 Å². The summed E-state index contributed by atoms with van der Waals surface area (Å²) in [4.78, 5) is 12.0. The molecule has 5 nitrogen and oxygen atoms in total. The molecule has 118 valence electrons. The van der Waals surface area contributed by atoms with Crippen molar-refractivity contribution in [3.8, 4) is 5.69 Å². The maximum Gasteiger partial charge on any atom is 0.223 e. The first-order valence-corrected chi connectivity index (χ1v) is 7.34. The monoisotopic (exact) mass is 320 g/mol. The van der Waals surface area contributed by atoms with Crippen molar-refractivity contribution in [3.05, 3.63) is 48.3 Å². The molecule has 0 spiro atoms. The van der Waals surface area contributed by atoms with Crippen LogP contribution in [0.3, 0.4) is 0 Å². The van der Waals surface area contributed by atoms with Gasteiger partial charge in [-0.25, -0.2) is 4.68 Å². The molecule has 1 saturated carbocycles. The Morgan fingerprint density at radius 3 is 2.68 bits per heavy atom. The van der Waals surface area contributed by atoms with Crippen LogP contribution >= 0.6 is 12.4 Å². The lowest BCUT2D eigenvalue weighted by Gasteiger charge is -2.11. The number of aromatic nitrogens is 2. The van der Waals surface area contributed by atoms with Gasteiger partial charge >= 0.3 is 0 Å². The fourth-order valence-corrected chi connectivity index (χ4v) is 2.78. The van der Waals surface area contributed by atoms with E-state index >= 15 is 0 Å². The summed E-state index contributed by atoms with van der Waals surface area (Å²) < 4.78 is 1.81. The van der Waals surface area contributed by atoms with Gasteiger partial charge in [0.15, 0.2) is 0 Å². The van der Waals surface area contributed by atoms with Crippen molar-refractivity contribution in [2.24, 2.45) is 11.7 Å². The molecule has 0 radical (unpaired) electrons. The summed E-state index contributed by atoms with van der Waals surface area (Å²) in [6.45, 7) is 0.559. The fourth-order valence-electron chi connectivity index (χ4n) is 2.78. The second-order valence-corrected chi connectivity index (χ2v) is 5.60. The smallest absolute Gasteiger partial charge is 0.223 e. The average Bonchev–Trinajstić information content (AvgIpc) is 3.16. The van der Waals surface area contributed by atoms with Crippen LogP contribution in [0.15, 0.2) is 42.7 Å². The minimum absolute atomic E-state index is 0. The van der Waals surface area contributed by atoms with Gasteiger partial charge in [-0.3, -0.25) is 4.79 Å². The van der Waals surface area contributed by atoms with Crippen LogP contribution in [0.1, 0.15) is 24.8 Å². The van der Waals surface area contributed by atoms with E-state index in [0.717, 1.165) is 30.5 Å². The Labute approximate surface area is 136 Å². The van der Waals surface area contributed by atoms with Crippen molar-refractivity contribution in [2.45, 2.75) is 31.8 Å². The molecule has 1 aromatic carbocycles. The first kappa shape index (κ1) is 16.5. The van der Waals surface area contributed by atoms with E-state index in [1.165, 1.54) is 0 Å². The molecular weight excluding hydrogens is 300 g/mol. The second-order valence-electron chi connectivity index (χ2n) is 5.60. The second kappa shape index (κ2) is 7.42. The van der Waals surface area contributed by atoms with Crippen molar-refractivity contribution in [3.63, 3.8) is 0 Å². The largest absolute Gasteiger partial charge is 0.352 e. The number of amides is 1. The Hall–Kier alpha value is -1.85. The number of rotatable bonds is 4. The minimum Gasteiger partial charge on any atom is -0.352 e. The molecule has 0 bridgehead atoms. The van der Waals surface area contributed by atoms with E-state index in [0.29, 0.717) is 6.54 Å². The van der Waals surface area contributed by atoms with Crippen LogP contribution in [-0.2, 0) is 11.3 Å². The van der Waals surface area contributed by atoms with Crippen LogP contribution < -0.4 is 11.1 Å². The Bertz CT molecular complexity index is 597. The molecule has 1 fully saturated rings. The summed E-state index contributed by atoms with van der Waals surface area (Å²) in [5, 5.41) is 7.18. The van der Waals surface area contributed by atoms with Gasteiger partial charge in [0.1, 0.15) is 0 Å². The molecular formula is C16H21ClN4O. The molecule has 0 unspecified atom stereocenters. The number of nitrogens with one attached hydrogen (secondary N) is 1. The van der Waals surface area contributed by atoms with E-state index in [1.807, 2.05) is 41.2 Å². The first-order valence-electron chi connectivity index (χ1n) is 7.34. The van der Waals surface area contributed by atoms with Crippen LogP contribution in [0.2, 0.25) is 0 Å². The summed E-state index contributed by atoms with van der Waals surface area (Å²) >= 11 is 0. The number of hydrogen-bond acceptors (Lipinski definition) is 3. The zero-order chi connectivity index (χ0) is 14.7. The van der Waals surface area contributed by atoms with Gasteiger partial charge in [-0.1, -0.05) is 12.1 Å². The molecule has 2 aromatic rings. The van der Waals surface area contributed by atoms with Crippen molar-refractivity contribution >= 4 is 18.3 Å². The van der Waals surface area contributed by atoms with Crippen LogP contribution in [0.5, 0.6) is 0 Å². The number of halogens is 1. The normalized spacial score (nSPS) is 20.4. The first-order chi connectivity index (χ1) is 10.2. The summed E-state index contributed by atoms with van der Waals surface area (Å²) in [6.07, 6.45) is 6.33. The third-order valence-electron chi connectivity index (χ3n) is 4.02. The third kappa shape index (κ3) is 3.87. The van der Waals surface area contributed by atoms with Gasteiger partial charge in [-0.15, -0.1) is 12.4 Å². The molecule has 1 aliphatic rings. The number of carbonyl (C=O) groups excluding carboxylic acids is 1. The number of benzene rings is 1. The molecule has 22 heavy (non-hydrogen) atoms. The molecule has 0 aliphatic heterocycles. The topological polar surface area (TPSA) is 72.9 Å². The number of nitrogens with two attached hydrogens (primary N) is 1. The van der Waals surface area contributed by atoms with Gasteiger partial charge in [0.25, 0.3) is 0 Å². The lowest BCUT2D eigenvalue weighted by molar-refractivity contribution is -0.125. The van der Waals surface area contributed by atoms with Gasteiger partial charge in [-0.2, -0.15) is 5.10 Å². The Morgan fingerprint density at radius 2 is 2.09 bits per heavy atom. The van der Waals surface area contributed by atoms with Gasteiger partial charge in [0, 0.05) is 30.9 Å². The lowest BCUT2D eigenvalue weighted by atomic mass is 10.1. The molecule has 1 amide bonds. The average molecular weight is 321 g/mol. The van der Waals surface area contributed by atoms with Gasteiger partial charge < -0.3 is 11.1 Å². The van der Waals surface area contributed by atoms with E-state index in [4.69, 9.17) is 5.73 Å². The minimum atomic E-state index is 0. The zero-order valence-corrected chi connectivity index (χ0v) is 13.1. The molecule has 1 aliphatic carbocycles. The highest BCUT2D eigenvalue weighted by Crippen LogP contribution is 2.24. The van der Waals surface area contributed by atoms with Crippen molar-refractivity contribution in [2.75, 3.05) is 0 Å². The predicted molar refractivity (Wildman–Crippen MR) is 88.0 cm³/mol. The Balaban J connectivity index is 0.00000176. The van der Waals surface area contributed by atoms with E-state index in [-0.39, 0.29) is 30.3 Å². The highest BCUT2D eigenvalue weighted by Gasteiger charge is 2.27. The van der Waals surface area contributed by atoms with Crippen molar-refractivity contribution in [1.29, 1.82) is 0 Å². The summed E-state index contributed by atoms with van der Waals surface area (Å²) in [6, 6.07) is 10.1. The SMILES string of the molecule is Cl.N[C@@H]1CC[C@H](C(=O)NCc2ccc(-n3cccn3)cc2)C1. The van der Waals surface area contributed by atoms with Gasteiger partial charge in [0.05, 0.1) is 5.69 Å². The molecule has 1 heterocycles. The Morgan fingerprint density at radius 1 is 1.32 bits per heavy atom. The standard InChI is InChI=1S/C16H20N4O.ClH/c17-14-5-4-13(10-14)16(21)18-11-12-2-6-15(7-3-12)20-9-1-8-19-20;/h1-3,6-9,13-14H,4-5,10-11,17H2,(H,18,21);1H/t13-,14+;/m0./s1. The van der Waals surface area contributed by atoms with Gasteiger partial charge in [-0.05, 0) is 43.0 Å². The maximum atomic E-state index is 12.0. The molecule has 3 rings (SSSR count). The van der Waals surface area contributed by atoms with E-state index in [1.54, 1.807) is 6.20 Å². The van der Waals surface area contributed by atoms with E-state index < -0.39 is 0 Å². The van der Waals surface area contributed by atoms with Crippen LogP contribution in [0.4, 0.5) is 0 Å². The molecule has 1 aromatic heterocycles. The van der Waals surface area contributed by atoms with Crippen LogP contribution in [0.25, 0.3) is 5.69 Å². The number of carbonyl (C=O) groups is 1. The summed E-state index contributed by atoms with van der Waals surface area (Å²) in [5.74, 6) is 0.211. The van der Waals surface area contributed by atoms with Crippen molar-refractivity contribution in [1.82, 2.24) is 15.1 Å². The highest BCUT2D eigenvalue weighted by atomic mass is 35.5. The lowest BCUT2D eigenvalue weighted by Crippen LogP contribution is -2.29. The third-order valence-corrected chi connectivity index (χ3v) is 4.02. The summed E-state index contributed by atoms with van der Waals surface area (Å²) in [5.41, 5.74) is 7.94. The number of nitrogens with zero attached hydrogens (tertiary/aromatic N) is 2. The van der Waals surface area contributed by atoms with E-state index in [9.17, 15) is 4.79 Å². The highest BCUT2D eigenvalue weighted by molar-refractivity contribution is 5.85. The molecule has 0 saturated heterocycles.